The second-order valence-electron chi connectivity index (χ2n) is 4.27. The van der Waals surface area contributed by atoms with Gasteiger partial charge in [-0.05, 0) is 38.0 Å². The van der Waals surface area contributed by atoms with Crippen LogP contribution in [0.15, 0.2) is 29.4 Å². The van der Waals surface area contributed by atoms with Gasteiger partial charge in [0.25, 0.3) is 0 Å². The summed E-state index contributed by atoms with van der Waals surface area (Å²) in [5, 5.41) is 13.7. The lowest BCUT2D eigenvalue weighted by atomic mass is 9.85. The van der Waals surface area contributed by atoms with Gasteiger partial charge in [-0.3, -0.25) is 0 Å². The number of hydrogen-bond donors (Lipinski definition) is 0. The highest BCUT2D eigenvalue weighted by Gasteiger charge is 2.21. The second-order valence-corrected chi connectivity index (χ2v) is 4.71. The van der Waals surface area contributed by atoms with E-state index in [1.165, 1.54) is 7.11 Å². The number of hydrogen-bond acceptors (Lipinski definition) is 3. The SMILES string of the molecule is CON=C(C)C(Cc1ccc(Cl)cc1)C(C)C#N. The van der Waals surface area contributed by atoms with Crippen LogP contribution in [0.2, 0.25) is 5.02 Å². The van der Waals surface area contributed by atoms with E-state index in [4.69, 9.17) is 21.7 Å². The smallest absolute Gasteiger partial charge is 0.106 e. The molecule has 2 unspecified atom stereocenters. The number of benzene rings is 1. The summed E-state index contributed by atoms with van der Waals surface area (Å²) in [6.45, 7) is 3.78. The van der Waals surface area contributed by atoms with Gasteiger partial charge in [-0.1, -0.05) is 28.9 Å². The molecule has 1 rings (SSSR count). The fourth-order valence-corrected chi connectivity index (χ4v) is 1.99. The fraction of sp³-hybridized carbons (Fsp3) is 0.429. The number of oxime groups is 1. The molecule has 1 aromatic carbocycles. The van der Waals surface area contributed by atoms with Crippen LogP contribution in [-0.2, 0) is 11.3 Å². The highest BCUT2D eigenvalue weighted by atomic mass is 35.5. The third-order valence-electron chi connectivity index (χ3n) is 2.95. The lowest BCUT2D eigenvalue weighted by molar-refractivity contribution is 0.210. The van der Waals surface area contributed by atoms with E-state index < -0.39 is 0 Å². The molecule has 0 amide bonds. The normalized spacial score (nSPS) is 14.7. The first kappa shape index (κ1) is 14.5. The minimum Gasteiger partial charge on any atom is -0.399 e. The van der Waals surface area contributed by atoms with E-state index >= 15 is 0 Å². The van der Waals surface area contributed by atoms with Crippen LogP contribution < -0.4 is 0 Å². The quantitative estimate of drug-likeness (QED) is 0.602. The van der Waals surface area contributed by atoms with Gasteiger partial charge in [-0.2, -0.15) is 5.26 Å². The van der Waals surface area contributed by atoms with Crippen LogP contribution in [0.25, 0.3) is 0 Å². The molecular weight excluding hydrogens is 248 g/mol. The predicted octanol–water partition coefficient (Wildman–Crippen LogP) is 3.68. The van der Waals surface area contributed by atoms with Crippen molar-refractivity contribution in [2.75, 3.05) is 7.11 Å². The molecule has 18 heavy (non-hydrogen) atoms. The summed E-state index contributed by atoms with van der Waals surface area (Å²) >= 11 is 5.85. The molecule has 96 valence electrons. The van der Waals surface area contributed by atoms with Crippen LogP contribution >= 0.6 is 11.6 Å². The summed E-state index contributed by atoms with van der Waals surface area (Å²) in [6.07, 6.45) is 0.755. The second kappa shape index (κ2) is 7.03. The van der Waals surface area contributed by atoms with Gasteiger partial charge in [0.2, 0.25) is 0 Å². The highest BCUT2D eigenvalue weighted by Crippen LogP contribution is 2.20. The number of nitrogens with zero attached hydrogens (tertiary/aromatic N) is 2. The molecule has 0 aromatic heterocycles. The van der Waals surface area contributed by atoms with Gasteiger partial charge in [-0.15, -0.1) is 0 Å². The maximum atomic E-state index is 9.08. The molecule has 0 fully saturated rings. The van der Waals surface area contributed by atoms with Gasteiger partial charge in [0.15, 0.2) is 0 Å². The van der Waals surface area contributed by atoms with Gasteiger partial charge in [0, 0.05) is 10.9 Å². The molecular formula is C14H17ClN2O. The lowest BCUT2D eigenvalue weighted by Crippen LogP contribution is -2.21. The van der Waals surface area contributed by atoms with Crippen molar-refractivity contribution in [2.45, 2.75) is 20.3 Å². The van der Waals surface area contributed by atoms with E-state index in [9.17, 15) is 0 Å². The largest absolute Gasteiger partial charge is 0.399 e. The Hall–Kier alpha value is -1.53. The van der Waals surface area contributed by atoms with E-state index in [1.54, 1.807) is 0 Å². The zero-order valence-corrected chi connectivity index (χ0v) is 11.6. The van der Waals surface area contributed by atoms with Gasteiger partial charge >= 0.3 is 0 Å². The van der Waals surface area contributed by atoms with Crippen molar-refractivity contribution >= 4 is 17.3 Å². The molecule has 0 aliphatic rings. The zero-order chi connectivity index (χ0) is 13.5. The maximum absolute atomic E-state index is 9.08. The van der Waals surface area contributed by atoms with Gasteiger partial charge in [0.05, 0.1) is 17.7 Å². The Morgan fingerprint density at radius 2 is 2.06 bits per heavy atom. The minimum atomic E-state index is -0.112. The lowest BCUT2D eigenvalue weighted by Gasteiger charge is -2.18. The number of rotatable bonds is 5. The van der Waals surface area contributed by atoms with Gasteiger partial charge in [-0.25, -0.2) is 0 Å². The van der Waals surface area contributed by atoms with Crippen molar-refractivity contribution < 1.29 is 4.84 Å². The Morgan fingerprint density at radius 1 is 1.44 bits per heavy atom. The molecule has 2 atom stereocenters. The Balaban J connectivity index is 2.89. The summed E-state index contributed by atoms with van der Waals surface area (Å²) in [4.78, 5) is 4.79. The minimum absolute atomic E-state index is 0.0520. The Bertz CT molecular complexity index is 448. The molecule has 1 aromatic rings. The molecule has 0 saturated heterocycles. The van der Waals surface area contributed by atoms with Crippen molar-refractivity contribution in [3.05, 3.63) is 34.9 Å². The maximum Gasteiger partial charge on any atom is 0.106 e. The highest BCUT2D eigenvalue weighted by molar-refractivity contribution is 6.30. The predicted molar refractivity (Wildman–Crippen MR) is 73.5 cm³/mol. The Labute approximate surface area is 113 Å². The Morgan fingerprint density at radius 3 is 2.56 bits per heavy atom. The first-order valence-electron chi connectivity index (χ1n) is 5.80. The molecule has 0 N–H and O–H groups in total. The third-order valence-corrected chi connectivity index (χ3v) is 3.20. The van der Waals surface area contributed by atoms with Crippen molar-refractivity contribution in [3.63, 3.8) is 0 Å². The molecule has 0 aliphatic heterocycles. The molecule has 3 nitrogen and oxygen atoms in total. The molecule has 0 radical (unpaired) electrons. The van der Waals surface area contributed by atoms with E-state index in [2.05, 4.69) is 11.2 Å². The third kappa shape index (κ3) is 4.05. The fourth-order valence-electron chi connectivity index (χ4n) is 1.86. The van der Waals surface area contributed by atoms with E-state index in [0.29, 0.717) is 5.02 Å². The van der Waals surface area contributed by atoms with Crippen LogP contribution in [0.4, 0.5) is 0 Å². The summed E-state index contributed by atoms with van der Waals surface area (Å²) in [5.74, 6) is -0.0595. The van der Waals surface area contributed by atoms with Gasteiger partial charge < -0.3 is 4.84 Å². The summed E-state index contributed by atoms with van der Waals surface area (Å²) < 4.78 is 0. The number of halogens is 1. The van der Waals surface area contributed by atoms with Crippen molar-refractivity contribution in [3.8, 4) is 6.07 Å². The monoisotopic (exact) mass is 264 g/mol. The van der Waals surface area contributed by atoms with E-state index in [-0.39, 0.29) is 11.8 Å². The average molecular weight is 265 g/mol. The first-order chi connectivity index (χ1) is 8.58. The first-order valence-corrected chi connectivity index (χ1v) is 6.18. The standard InChI is InChI=1S/C14H17ClN2O/c1-10(9-16)14(11(2)17-18-3)8-12-4-6-13(15)7-5-12/h4-7,10,14H,8H2,1-3H3. The molecule has 0 heterocycles. The van der Waals surface area contributed by atoms with Crippen LogP contribution in [0.5, 0.6) is 0 Å². The molecule has 0 bridgehead atoms. The number of nitriles is 1. The van der Waals surface area contributed by atoms with Crippen LogP contribution in [0.3, 0.4) is 0 Å². The molecule has 0 saturated carbocycles. The molecule has 0 spiro atoms. The van der Waals surface area contributed by atoms with E-state index in [0.717, 1.165) is 17.7 Å². The summed E-state index contributed by atoms with van der Waals surface area (Å²) in [5.41, 5.74) is 1.97. The zero-order valence-electron chi connectivity index (χ0n) is 10.9. The van der Waals surface area contributed by atoms with E-state index in [1.807, 2.05) is 38.1 Å². The van der Waals surface area contributed by atoms with Crippen LogP contribution in [-0.4, -0.2) is 12.8 Å². The van der Waals surface area contributed by atoms with Crippen molar-refractivity contribution in [2.24, 2.45) is 17.0 Å². The summed E-state index contributed by atoms with van der Waals surface area (Å²) in [6, 6.07) is 9.93. The average Bonchev–Trinajstić information content (AvgIpc) is 2.37. The molecule has 0 aliphatic carbocycles. The van der Waals surface area contributed by atoms with Gasteiger partial charge in [0.1, 0.15) is 7.11 Å². The molecule has 4 heteroatoms. The van der Waals surface area contributed by atoms with Crippen LogP contribution in [0, 0.1) is 23.2 Å². The topological polar surface area (TPSA) is 45.4 Å². The van der Waals surface area contributed by atoms with Crippen LogP contribution in [0.1, 0.15) is 19.4 Å². The Kier molecular flexibility index (Phi) is 5.67. The van der Waals surface area contributed by atoms with Crippen molar-refractivity contribution in [1.29, 1.82) is 5.26 Å². The van der Waals surface area contributed by atoms with Crippen molar-refractivity contribution in [1.82, 2.24) is 0 Å². The summed E-state index contributed by atoms with van der Waals surface area (Å²) in [7, 11) is 1.51.